The van der Waals surface area contributed by atoms with Crippen molar-refractivity contribution < 1.29 is 14.3 Å². The molecule has 2 rings (SSSR count). The lowest BCUT2D eigenvalue weighted by atomic mass is 10.2. The Morgan fingerprint density at radius 3 is 2.48 bits per heavy atom. The first-order chi connectivity index (χ1) is 10.0. The average Bonchev–Trinajstić information content (AvgIpc) is 2.90. The summed E-state index contributed by atoms with van der Waals surface area (Å²) in [5, 5.41) is 0.460. The van der Waals surface area contributed by atoms with Crippen LogP contribution < -0.4 is 15.6 Å². The summed E-state index contributed by atoms with van der Waals surface area (Å²) in [6, 6.07) is 8.16. The van der Waals surface area contributed by atoms with Crippen LogP contribution in [0.15, 0.2) is 30.3 Å². The van der Waals surface area contributed by atoms with E-state index in [4.69, 9.17) is 16.3 Å². The van der Waals surface area contributed by atoms with Crippen LogP contribution in [0.4, 0.5) is 0 Å². The van der Waals surface area contributed by atoms with Gasteiger partial charge in [0.05, 0.1) is 17.6 Å². The standard InChI is InChI=1S/C14H13ClN2O3S/c1-8-3-6-12(21-8)14(19)17-16-13(18)10-5-4-9(15)7-11(10)20-2/h3-7H,1-2H3,(H,16,18)(H,17,19). The topological polar surface area (TPSA) is 67.4 Å². The van der Waals surface area contributed by atoms with Crippen LogP contribution in [0.2, 0.25) is 5.02 Å². The molecule has 0 fully saturated rings. The van der Waals surface area contributed by atoms with Crippen LogP contribution in [0, 0.1) is 6.92 Å². The van der Waals surface area contributed by atoms with Crippen molar-refractivity contribution in [2.24, 2.45) is 0 Å². The number of rotatable bonds is 3. The van der Waals surface area contributed by atoms with Gasteiger partial charge < -0.3 is 4.74 Å². The summed E-state index contributed by atoms with van der Waals surface area (Å²) in [5.74, 6) is -0.513. The Bertz CT molecular complexity index is 685. The zero-order valence-corrected chi connectivity index (χ0v) is 13.0. The van der Waals surface area contributed by atoms with Crippen LogP contribution in [-0.2, 0) is 0 Å². The average molecular weight is 325 g/mol. The summed E-state index contributed by atoms with van der Waals surface area (Å²) < 4.78 is 5.09. The molecule has 0 aliphatic carbocycles. The minimum Gasteiger partial charge on any atom is -0.496 e. The van der Waals surface area contributed by atoms with Gasteiger partial charge in [0.1, 0.15) is 5.75 Å². The van der Waals surface area contributed by atoms with Gasteiger partial charge in [0.25, 0.3) is 11.8 Å². The van der Waals surface area contributed by atoms with Crippen LogP contribution in [0.1, 0.15) is 24.9 Å². The maximum absolute atomic E-state index is 12.0. The van der Waals surface area contributed by atoms with Crippen molar-refractivity contribution >= 4 is 34.8 Å². The molecule has 0 unspecified atom stereocenters. The number of hydrazine groups is 1. The zero-order chi connectivity index (χ0) is 15.4. The number of methoxy groups -OCH3 is 1. The number of aryl methyl sites for hydroxylation is 1. The van der Waals surface area contributed by atoms with Gasteiger partial charge in [0.2, 0.25) is 0 Å². The van der Waals surface area contributed by atoms with E-state index in [1.807, 2.05) is 13.0 Å². The summed E-state index contributed by atoms with van der Waals surface area (Å²) in [7, 11) is 1.44. The summed E-state index contributed by atoms with van der Waals surface area (Å²) in [6.45, 7) is 1.90. The minimum absolute atomic E-state index is 0.282. The van der Waals surface area contributed by atoms with Gasteiger partial charge in [-0.15, -0.1) is 11.3 Å². The van der Waals surface area contributed by atoms with Gasteiger partial charge in [0, 0.05) is 9.90 Å². The highest BCUT2D eigenvalue weighted by Crippen LogP contribution is 2.22. The molecule has 0 saturated heterocycles. The lowest BCUT2D eigenvalue weighted by molar-refractivity contribution is 0.0847. The Hall–Kier alpha value is -2.05. The molecule has 2 aromatic rings. The summed E-state index contributed by atoms with van der Waals surface area (Å²) >= 11 is 7.18. The SMILES string of the molecule is COc1cc(Cl)ccc1C(=O)NNC(=O)c1ccc(C)s1. The number of carbonyl (C=O) groups excluding carboxylic acids is 2. The molecule has 1 heterocycles. The Labute approximate surface area is 130 Å². The molecule has 0 spiro atoms. The molecule has 21 heavy (non-hydrogen) atoms. The molecule has 7 heteroatoms. The number of amides is 2. The van der Waals surface area contributed by atoms with Crippen molar-refractivity contribution in [3.63, 3.8) is 0 Å². The smallest absolute Gasteiger partial charge is 0.279 e. The number of halogens is 1. The molecule has 0 bridgehead atoms. The van der Waals surface area contributed by atoms with E-state index < -0.39 is 5.91 Å². The lowest BCUT2D eigenvalue weighted by Crippen LogP contribution is -2.41. The van der Waals surface area contributed by atoms with Crippen LogP contribution >= 0.6 is 22.9 Å². The monoisotopic (exact) mass is 324 g/mol. The van der Waals surface area contributed by atoms with E-state index in [0.29, 0.717) is 15.6 Å². The normalized spacial score (nSPS) is 10.0. The number of nitrogens with one attached hydrogen (secondary N) is 2. The number of thiophene rings is 1. The quantitative estimate of drug-likeness (QED) is 0.853. The van der Waals surface area contributed by atoms with Crippen molar-refractivity contribution in [3.8, 4) is 5.75 Å². The third-order valence-electron chi connectivity index (χ3n) is 2.66. The lowest BCUT2D eigenvalue weighted by Gasteiger charge is -2.10. The largest absolute Gasteiger partial charge is 0.496 e. The molecule has 2 amide bonds. The molecule has 110 valence electrons. The number of ether oxygens (including phenoxy) is 1. The zero-order valence-electron chi connectivity index (χ0n) is 11.4. The highest BCUT2D eigenvalue weighted by molar-refractivity contribution is 7.13. The highest BCUT2D eigenvalue weighted by atomic mass is 35.5. The summed E-state index contributed by atoms with van der Waals surface area (Å²) in [4.78, 5) is 25.4. The fourth-order valence-electron chi connectivity index (χ4n) is 1.65. The van der Waals surface area contributed by atoms with Gasteiger partial charge in [-0.05, 0) is 37.3 Å². The second kappa shape index (κ2) is 6.60. The van der Waals surface area contributed by atoms with Gasteiger partial charge in [0.15, 0.2) is 0 Å². The highest BCUT2D eigenvalue weighted by Gasteiger charge is 2.14. The van der Waals surface area contributed by atoms with E-state index in [9.17, 15) is 9.59 Å². The molecular formula is C14H13ClN2O3S. The fourth-order valence-corrected chi connectivity index (χ4v) is 2.58. The number of hydrogen-bond acceptors (Lipinski definition) is 4. The van der Waals surface area contributed by atoms with E-state index in [1.165, 1.54) is 30.6 Å². The molecular weight excluding hydrogens is 312 g/mol. The van der Waals surface area contributed by atoms with Crippen molar-refractivity contribution in [1.82, 2.24) is 10.9 Å². The molecule has 1 aromatic heterocycles. The second-order valence-corrected chi connectivity index (χ2v) is 5.89. The van der Waals surface area contributed by atoms with Gasteiger partial charge in [-0.2, -0.15) is 0 Å². The molecule has 0 atom stereocenters. The molecule has 0 radical (unpaired) electrons. The van der Waals surface area contributed by atoms with Gasteiger partial charge in [-0.25, -0.2) is 0 Å². The first-order valence-electron chi connectivity index (χ1n) is 6.02. The predicted octanol–water partition coefficient (Wildman–Crippen LogP) is 2.79. The van der Waals surface area contributed by atoms with Crippen molar-refractivity contribution in [3.05, 3.63) is 50.7 Å². The molecule has 0 aliphatic rings. The number of hydrogen-bond donors (Lipinski definition) is 2. The first-order valence-corrected chi connectivity index (χ1v) is 7.21. The maximum atomic E-state index is 12.0. The van der Waals surface area contributed by atoms with Crippen LogP contribution in [0.3, 0.4) is 0 Å². The van der Waals surface area contributed by atoms with E-state index in [1.54, 1.807) is 12.1 Å². The molecule has 0 aliphatic heterocycles. The second-order valence-electron chi connectivity index (χ2n) is 4.16. The Morgan fingerprint density at radius 1 is 1.14 bits per heavy atom. The van der Waals surface area contributed by atoms with Gasteiger partial charge in [-0.1, -0.05) is 11.6 Å². The van der Waals surface area contributed by atoms with Gasteiger partial charge >= 0.3 is 0 Å². The molecule has 0 saturated carbocycles. The Balaban J connectivity index is 2.03. The predicted molar refractivity (Wildman–Crippen MR) is 82.0 cm³/mol. The Kier molecular flexibility index (Phi) is 4.82. The summed E-state index contributed by atoms with van der Waals surface area (Å²) in [5.41, 5.74) is 4.99. The minimum atomic E-state index is -0.481. The van der Waals surface area contributed by atoms with E-state index in [0.717, 1.165) is 4.88 Å². The van der Waals surface area contributed by atoms with Crippen molar-refractivity contribution in [2.75, 3.05) is 7.11 Å². The van der Waals surface area contributed by atoms with Crippen LogP contribution in [0.25, 0.3) is 0 Å². The van der Waals surface area contributed by atoms with Crippen molar-refractivity contribution in [2.45, 2.75) is 6.92 Å². The third-order valence-corrected chi connectivity index (χ3v) is 3.90. The Morgan fingerprint density at radius 2 is 1.86 bits per heavy atom. The molecule has 2 N–H and O–H groups in total. The van der Waals surface area contributed by atoms with E-state index >= 15 is 0 Å². The first kappa shape index (κ1) is 15.3. The van der Waals surface area contributed by atoms with E-state index in [2.05, 4.69) is 10.9 Å². The van der Waals surface area contributed by atoms with Crippen LogP contribution in [-0.4, -0.2) is 18.9 Å². The third kappa shape index (κ3) is 3.74. The number of carbonyl (C=O) groups is 2. The van der Waals surface area contributed by atoms with Crippen LogP contribution in [0.5, 0.6) is 5.75 Å². The molecule has 1 aromatic carbocycles. The number of benzene rings is 1. The van der Waals surface area contributed by atoms with E-state index in [-0.39, 0.29) is 11.5 Å². The van der Waals surface area contributed by atoms with Crippen molar-refractivity contribution in [1.29, 1.82) is 0 Å². The van der Waals surface area contributed by atoms with Gasteiger partial charge in [-0.3, -0.25) is 20.4 Å². The molecule has 5 nitrogen and oxygen atoms in total. The maximum Gasteiger partial charge on any atom is 0.279 e. The summed E-state index contributed by atoms with van der Waals surface area (Å²) in [6.07, 6.45) is 0. The fraction of sp³-hybridized carbons (Fsp3) is 0.143.